The molecule has 2 atom stereocenters. The average molecular weight is 134 g/mol. The molecule has 0 aliphatic carbocycles. The molecule has 4 N–H and O–H groups in total. The maximum Gasteiger partial charge on any atom is 0.102 e. The number of hydrogen-bond acceptors (Lipinski definition) is 2. The van der Waals surface area contributed by atoms with Crippen molar-refractivity contribution < 1.29 is 15.5 Å². The van der Waals surface area contributed by atoms with Gasteiger partial charge in [0.05, 0.1) is 12.2 Å². The summed E-state index contributed by atoms with van der Waals surface area (Å²) in [6.45, 7) is 4.81. The second-order valence-electron chi connectivity index (χ2n) is 2.46. The first kappa shape index (κ1) is 8.88. The third-order valence-electron chi connectivity index (χ3n) is 1.02. The van der Waals surface area contributed by atoms with Gasteiger partial charge in [-0.25, -0.2) is 0 Å². The first-order chi connectivity index (χ1) is 4.13. The van der Waals surface area contributed by atoms with Crippen LogP contribution in [-0.2, 0) is 0 Å². The summed E-state index contributed by atoms with van der Waals surface area (Å²) in [5, 5.41) is 19.4. The Morgan fingerprint density at radius 2 is 1.44 bits per heavy atom. The summed E-state index contributed by atoms with van der Waals surface area (Å²) in [5.74, 6) is 0. The molecule has 0 aromatic heterocycles. The van der Waals surface area contributed by atoms with Crippen molar-refractivity contribution in [2.24, 2.45) is 0 Å². The second kappa shape index (κ2) is 4.73. The summed E-state index contributed by atoms with van der Waals surface area (Å²) in [4.78, 5) is 0. The smallest absolute Gasteiger partial charge is 0.102 e. The van der Waals surface area contributed by atoms with E-state index in [1.165, 1.54) is 0 Å². The van der Waals surface area contributed by atoms with Gasteiger partial charge in [-0.15, -0.1) is 0 Å². The van der Waals surface area contributed by atoms with Crippen molar-refractivity contribution >= 4 is 0 Å². The molecule has 3 nitrogen and oxygen atoms in total. The van der Waals surface area contributed by atoms with Gasteiger partial charge in [0.15, 0.2) is 0 Å². The van der Waals surface area contributed by atoms with Gasteiger partial charge in [0, 0.05) is 0 Å². The van der Waals surface area contributed by atoms with E-state index >= 15 is 0 Å². The van der Waals surface area contributed by atoms with Crippen LogP contribution < -0.4 is 5.32 Å². The molecule has 3 heteroatoms. The summed E-state index contributed by atoms with van der Waals surface area (Å²) in [6, 6.07) is 0. The van der Waals surface area contributed by atoms with E-state index in [4.69, 9.17) is 10.2 Å². The monoisotopic (exact) mass is 134 g/mol. The Bertz CT molecular complexity index is 56.1. The zero-order chi connectivity index (χ0) is 7.28. The van der Waals surface area contributed by atoms with E-state index < -0.39 is 0 Å². The van der Waals surface area contributed by atoms with E-state index in [1.807, 2.05) is 5.32 Å². The van der Waals surface area contributed by atoms with Crippen LogP contribution in [0.1, 0.15) is 13.8 Å². The molecule has 9 heavy (non-hydrogen) atoms. The first-order valence-corrected chi connectivity index (χ1v) is 3.30. The van der Waals surface area contributed by atoms with E-state index in [-0.39, 0.29) is 12.2 Å². The lowest BCUT2D eigenvalue weighted by molar-refractivity contribution is -0.665. The Morgan fingerprint density at radius 1 is 1.11 bits per heavy atom. The SMILES string of the molecule is C[C@H](O)C[NH2+]C[C@H](C)O. The van der Waals surface area contributed by atoms with Gasteiger partial charge < -0.3 is 15.5 Å². The highest BCUT2D eigenvalue weighted by Gasteiger charge is 1.99. The molecule has 0 unspecified atom stereocenters. The Balaban J connectivity index is 2.91. The molecule has 0 aliphatic rings. The molecule has 0 amide bonds. The zero-order valence-electron chi connectivity index (χ0n) is 6.04. The molecule has 0 spiro atoms. The molecular formula is C6H16NO2+. The molecule has 0 rings (SSSR count). The minimum atomic E-state index is -0.274. The van der Waals surface area contributed by atoms with Crippen LogP contribution in [0.5, 0.6) is 0 Å². The van der Waals surface area contributed by atoms with Gasteiger partial charge in [-0.3, -0.25) is 0 Å². The highest BCUT2D eigenvalue weighted by Crippen LogP contribution is 1.70. The van der Waals surface area contributed by atoms with Crippen molar-refractivity contribution in [3.63, 3.8) is 0 Å². The lowest BCUT2D eigenvalue weighted by Crippen LogP contribution is -2.88. The van der Waals surface area contributed by atoms with Crippen LogP contribution in [0.25, 0.3) is 0 Å². The summed E-state index contributed by atoms with van der Waals surface area (Å²) in [7, 11) is 0. The van der Waals surface area contributed by atoms with Crippen molar-refractivity contribution in [3.8, 4) is 0 Å². The van der Waals surface area contributed by atoms with E-state index in [9.17, 15) is 0 Å². The highest BCUT2D eigenvalue weighted by molar-refractivity contribution is 4.39. The van der Waals surface area contributed by atoms with Crippen LogP contribution >= 0.6 is 0 Å². The summed E-state index contributed by atoms with van der Waals surface area (Å²) in [5.41, 5.74) is 0. The van der Waals surface area contributed by atoms with E-state index in [2.05, 4.69) is 0 Å². The highest BCUT2D eigenvalue weighted by atomic mass is 16.3. The molecule has 0 aromatic carbocycles. The van der Waals surface area contributed by atoms with Crippen LogP contribution in [0.4, 0.5) is 0 Å². The molecule has 0 aliphatic heterocycles. The van der Waals surface area contributed by atoms with Crippen molar-refractivity contribution in [1.29, 1.82) is 0 Å². The molecule has 56 valence electrons. The predicted molar refractivity (Wildman–Crippen MR) is 35.0 cm³/mol. The molecule has 0 bridgehead atoms. The van der Waals surface area contributed by atoms with Crippen molar-refractivity contribution in [2.45, 2.75) is 26.1 Å². The topological polar surface area (TPSA) is 57.1 Å². The fourth-order valence-corrected chi connectivity index (χ4v) is 0.579. The number of quaternary nitrogens is 1. The number of aliphatic hydroxyl groups excluding tert-OH is 2. The molecular weight excluding hydrogens is 118 g/mol. The summed E-state index contributed by atoms with van der Waals surface area (Å²) >= 11 is 0. The van der Waals surface area contributed by atoms with Crippen LogP contribution in [0.2, 0.25) is 0 Å². The van der Waals surface area contributed by atoms with Gasteiger partial charge >= 0.3 is 0 Å². The fraction of sp³-hybridized carbons (Fsp3) is 1.00. The van der Waals surface area contributed by atoms with Crippen LogP contribution in [-0.4, -0.2) is 35.5 Å². The number of rotatable bonds is 4. The summed E-state index contributed by atoms with van der Waals surface area (Å²) in [6.07, 6.45) is -0.549. The largest absolute Gasteiger partial charge is 0.388 e. The number of aliphatic hydroxyl groups is 2. The predicted octanol–water partition coefficient (Wildman–Crippen LogP) is -1.69. The molecule has 0 aromatic rings. The first-order valence-electron chi connectivity index (χ1n) is 3.30. The molecule has 0 saturated carbocycles. The van der Waals surface area contributed by atoms with Crippen molar-refractivity contribution in [1.82, 2.24) is 0 Å². The maximum atomic E-state index is 8.75. The standard InChI is InChI=1S/C6H15NO2/c1-5(8)3-7-4-6(2)9/h5-9H,3-4H2,1-2H3/p+1/t5-,6-/m0/s1. The van der Waals surface area contributed by atoms with Gasteiger partial charge in [-0.2, -0.15) is 0 Å². The Labute approximate surface area is 55.7 Å². The fourth-order valence-electron chi connectivity index (χ4n) is 0.579. The van der Waals surface area contributed by atoms with Gasteiger partial charge in [0.25, 0.3) is 0 Å². The number of nitrogens with two attached hydrogens (primary N) is 1. The molecule has 0 fully saturated rings. The normalized spacial score (nSPS) is 17.3. The van der Waals surface area contributed by atoms with E-state index in [0.717, 1.165) is 0 Å². The van der Waals surface area contributed by atoms with Gasteiger partial charge in [0.1, 0.15) is 13.1 Å². The Morgan fingerprint density at radius 3 is 1.67 bits per heavy atom. The van der Waals surface area contributed by atoms with Gasteiger partial charge in [0.2, 0.25) is 0 Å². The third-order valence-corrected chi connectivity index (χ3v) is 1.02. The minimum Gasteiger partial charge on any atom is -0.388 e. The molecule has 0 saturated heterocycles. The number of hydrogen-bond donors (Lipinski definition) is 3. The third kappa shape index (κ3) is 7.88. The average Bonchev–Trinajstić information content (AvgIpc) is 1.63. The second-order valence-corrected chi connectivity index (χ2v) is 2.46. The van der Waals surface area contributed by atoms with E-state index in [1.54, 1.807) is 13.8 Å². The van der Waals surface area contributed by atoms with Crippen molar-refractivity contribution in [2.75, 3.05) is 13.1 Å². The molecule has 0 heterocycles. The van der Waals surface area contributed by atoms with Gasteiger partial charge in [-0.05, 0) is 13.8 Å². The maximum absolute atomic E-state index is 8.75. The quantitative estimate of drug-likeness (QED) is 0.430. The Kier molecular flexibility index (Phi) is 4.67. The van der Waals surface area contributed by atoms with Gasteiger partial charge in [-0.1, -0.05) is 0 Å². The zero-order valence-corrected chi connectivity index (χ0v) is 6.04. The summed E-state index contributed by atoms with van der Waals surface area (Å²) < 4.78 is 0. The van der Waals surface area contributed by atoms with Crippen LogP contribution in [0, 0.1) is 0 Å². The van der Waals surface area contributed by atoms with Crippen LogP contribution in [0.15, 0.2) is 0 Å². The minimum absolute atomic E-state index is 0.274. The Hall–Kier alpha value is -0.120. The van der Waals surface area contributed by atoms with Crippen molar-refractivity contribution in [3.05, 3.63) is 0 Å². The van der Waals surface area contributed by atoms with E-state index in [0.29, 0.717) is 13.1 Å². The lowest BCUT2D eigenvalue weighted by atomic mass is 10.3. The van der Waals surface area contributed by atoms with Crippen LogP contribution in [0.3, 0.4) is 0 Å². The molecule has 0 radical (unpaired) electrons. The lowest BCUT2D eigenvalue weighted by Gasteiger charge is -2.04.